The molecule has 114 valence electrons. The van der Waals surface area contributed by atoms with Crippen molar-refractivity contribution in [3.05, 3.63) is 78.1 Å². The number of nitrogens with one attached hydrogen (secondary N) is 1. The van der Waals surface area contributed by atoms with Crippen LogP contribution in [0.3, 0.4) is 0 Å². The molecule has 0 spiro atoms. The lowest BCUT2D eigenvalue weighted by Crippen LogP contribution is -2.44. The Morgan fingerprint density at radius 2 is 1.61 bits per heavy atom. The van der Waals surface area contributed by atoms with Crippen LogP contribution in [0, 0.1) is 11.3 Å². The molecule has 3 rings (SSSR count). The number of furan rings is 2. The van der Waals surface area contributed by atoms with E-state index in [0.29, 0.717) is 11.3 Å². The van der Waals surface area contributed by atoms with Crippen molar-refractivity contribution < 1.29 is 18.7 Å². The van der Waals surface area contributed by atoms with E-state index >= 15 is 0 Å². The summed E-state index contributed by atoms with van der Waals surface area (Å²) in [5.74, 6) is -0.805. The number of carboxylic acids is 1. The second kappa shape index (κ2) is 5.73. The maximum atomic E-state index is 12.1. The van der Waals surface area contributed by atoms with Crippen LogP contribution in [0.1, 0.15) is 17.1 Å². The fraction of sp³-hybridized carbons (Fsp3) is 0.0588. The Hall–Kier alpha value is -3.46. The Labute approximate surface area is 131 Å². The van der Waals surface area contributed by atoms with E-state index in [0.717, 1.165) is 0 Å². The van der Waals surface area contributed by atoms with E-state index in [2.05, 4.69) is 5.32 Å². The van der Waals surface area contributed by atoms with Crippen LogP contribution >= 0.6 is 0 Å². The van der Waals surface area contributed by atoms with Crippen LogP contribution < -0.4 is 5.32 Å². The maximum absolute atomic E-state index is 12.1. The molecule has 0 fully saturated rings. The zero-order valence-electron chi connectivity index (χ0n) is 11.9. The fourth-order valence-corrected chi connectivity index (χ4v) is 2.34. The van der Waals surface area contributed by atoms with Crippen LogP contribution in [0.25, 0.3) is 0 Å². The molecule has 0 aliphatic rings. The molecule has 6 heteroatoms. The first-order valence-corrected chi connectivity index (χ1v) is 6.76. The van der Waals surface area contributed by atoms with Crippen molar-refractivity contribution in [3.8, 4) is 6.07 Å². The molecule has 0 saturated heterocycles. The Balaban J connectivity index is 2.11. The fourth-order valence-electron chi connectivity index (χ4n) is 2.34. The third-order valence-electron chi connectivity index (χ3n) is 3.45. The monoisotopic (exact) mass is 308 g/mol. The highest BCUT2D eigenvalue weighted by Gasteiger charge is 2.48. The molecule has 0 atom stereocenters. The summed E-state index contributed by atoms with van der Waals surface area (Å²) in [7, 11) is 0. The van der Waals surface area contributed by atoms with E-state index in [9.17, 15) is 9.90 Å². The average molecular weight is 308 g/mol. The molecule has 0 aliphatic carbocycles. The van der Waals surface area contributed by atoms with Crippen molar-refractivity contribution in [1.29, 1.82) is 5.26 Å². The summed E-state index contributed by atoms with van der Waals surface area (Å²) in [6, 6.07) is 14.8. The number of carboxylic acid groups (broad SMARTS) is 1. The van der Waals surface area contributed by atoms with Crippen LogP contribution in [-0.2, 0) is 10.3 Å². The molecule has 1 aromatic carbocycles. The molecule has 23 heavy (non-hydrogen) atoms. The smallest absolute Gasteiger partial charge is 0.345 e. The number of hydrogen-bond donors (Lipinski definition) is 2. The minimum atomic E-state index is -1.71. The molecule has 2 heterocycles. The first-order chi connectivity index (χ1) is 11.2. The number of anilines is 1. The van der Waals surface area contributed by atoms with Crippen LogP contribution in [0.5, 0.6) is 0 Å². The van der Waals surface area contributed by atoms with Gasteiger partial charge in [0.15, 0.2) is 0 Å². The highest BCUT2D eigenvalue weighted by Crippen LogP contribution is 2.35. The first-order valence-electron chi connectivity index (χ1n) is 6.76. The van der Waals surface area contributed by atoms with Gasteiger partial charge in [0.1, 0.15) is 11.5 Å². The summed E-state index contributed by atoms with van der Waals surface area (Å²) in [6.07, 6.45) is 2.80. The summed E-state index contributed by atoms with van der Waals surface area (Å²) in [6.45, 7) is 0. The Bertz CT molecular complexity index is 794. The van der Waals surface area contributed by atoms with Gasteiger partial charge in [-0.25, -0.2) is 4.79 Å². The number of carbonyl (C=O) groups is 1. The van der Waals surface area contributed by atoms with Crippen molar-refractivity contribution in [2.45, 2.75) is 5.54 Å². The van der Waals surface area contributed by atoms with Gasteiger partial charge in [-0.05, 0) is 48.5 Å². The normalized spacial score (nSPS) is 10.9. The number of rotatable bonds is 5. The number of benzene rings is 1. The van der Waals surface area contributed by atoms with Gasteiger partial charge in [-0.2, -0.15) is 5.26 Å². The maximum Gasteiger partial charge on any atom is 0.345 e. The molecular formula is C17H12N2O4. The van der Waals surface area contributed by atoms with Gasteiger partial charge < -0.3 is 19.3 Å². The quantitative estimate of drug-likeness (QED) is 0.751. The highest BCUT2D eigenvalue weighted by molar-refractivity contribution is 5.87. The van der Waals surface area contributed by atoms with Gasteiger partial charge in [-0.1, -0.05) is 0 Å². The number of nitrogens with zero attached hydrogens (tertiary/aromatic N) is 1. The number of nitriles is 1. The molecular weight excluding hydrogens is 296 g/mol. The summed E-state index contributed by atoms with van der Waals surface area (Å²) < 4.78 is 10.7. The van der Waals surface area contributed by atoms with Crippen molar-refractivity contribution in [2.24, 2.45) is 0 Å². The predicted molar refractivity (Wildman–Crippen MR) is 80.6 cm³/mol. The van der Waals surface area contributed by atoms with Crippen molar-refractivity contribution in [1.82, 2.24) is 0 Å². The summed E-state index contributed by atoms with van der Waals surface area (Å²) in [5.41, 5.74) is -0.715. The minimum absolute atomic E-state index is 0.185. The summed E-state index contributed by atoms with van der Waals surface area (Å²) >= 11 is 0. The lowest BCUT2D eigenvalue weighted by Gasteiger charge is -2.27. The topological polar surface area (TPSA) is 99.4 Å². The predicted octanol–water partition coefficient (Wildman–Crippen LogP) is 3.18. The van der Waals surface area contributed by atoms with E-state index in [4.69, 9.17) is 14.1 Å². The van der Waals surface area contributed by atoms with E-state index < -0.39 is 11.5 Å². The second-order valence-corrected chi connectivity index (χ2v) is 4.82. The van der Waals surface area contributed by atoms with Gasteiger partial charge in [0.2, 0.25) is 0 Å². The summed E-state index contributed by atoms with van der Waals surface area (Å²) in [5, 5.41) is 21.7. The van der Waals surface area contributed by atoms with E-state index in [1.807, 2.05) is 6.07 Å². The van der Waals surface area contributed by atoms with Crippen LogP contribution in [0.2, 0.25) is 0 Å². The highest BCUT2D eigenvalue weighted by atomic mass is 16.4. The Morgan fingerprint density at radius 1 is 1.04 bits per heavy atom. The zero-order valence-corrected chi connectivity index (χ0v) is 11.9. The van der Waals surface area contributed by atoms with Crippen molar-refractivity contribution in [3.63, 3.8) is 0 Å². The second-order valence-electron chi connectivity index (χ2n) is 4.82. The lowest BCUT2D eigenvalue weighted by molar-refractivity contribution is -0.142. The molecule has 0 radical (unpaired) electrons. The van der Waals surface area contributed by atoms with E-state index in [1.165, 1.54) is 12.5 Å². The molecule has 2 N–H and O–H groups in total. The largest absolute Gasteiger partial charge is 0.479 e. The minimum Gasteiger partial charge on any atom is -0.479 e. The number of aliphatic carboxylic acids is 1. The third-order valence-corrected chi connectivity index (χ3v) is 3.45. The average Bonchev–Trinajstić information content (AvgIpc) is 3.26. The van der Waals surface area contributed by atoms with Gasteiger partial charge in [-0.3, -0.25) is 0 Å². The number of hydrogen-bond acceptors (Lipinski definition) is 5. The Morgan fingerprint density at radius 3 is 2.00 bits per heavy atom. The van der Waals surface area contributed by atoms with Gasteiger partial charge >= 0.3 is 5.97 Å². The molecule has 0 aliphatic heterocycles. The van der Waals surface area contributed by atoms with Crippen LogP contribution in [0.15, 0.2) is 69.9 Å². The van der Waals surface area contributed by atoms with Gasteiger partial charge in [0.05, 0.1) is 24.2 Å². The molecule has 0 unspecified atom stereocenters. The van der Waals surface area contributed by atoms with Crippen molar-refractivity contribution >= 4 is 11.7 Å². The van der Waals surface area contributed by atoms with Crippen LogP contribution in [0.4, 0.5) is 5.69 Å². The third kappa shape index (κ3) is 2.45. The van der Waals surface area contributed by atoms with E-state index in [1.54, 1.807) is 48.5 Å². The van der Waals surface area contributed by atoms with Crippen LogP contribution in [-0.4, -0.2) is 11.1 Å². The molecule has 2 aromatic heterocycles. The van der Waals surface area contributed by atoms with E-state index in [-0.39, 0.29) is 11.5 Å². The van der Waals surface area contributed by atoms with Gasteiger partial charge in [0.25, 0.3) is 5.54 Å². The Kier molecular flexibility index (Phi) is 3.61. The molecule has 0 saturated carbocycles. The molecule has 6 nitrogen and oxygen atoms in total. The zero-order chi connectivity index (χ0) is 16.3. The van der Waals surface area contributed by atoms with Gasteiger partial charge in [-0.15, -0.1) is 0 Å². The standard InChI is InChI=1S/C17H12N2O4/c18-11-12-5-7-13(8-6-12)19-17(16(20)21,14-3-1-9-22-14)15-4-2-10-23-15/h1-10,19H,(H,20,21). The molecule has 3 aromatic rings. The lowest BCUT2D eigenvalue weighted by atomic mass is 9.92. The van der Waals surface area contributed by atoms with Crippen molar-refractivity contribution in [2.75, 3.05) is 5.32 Å². The SMILES string of the molecule is N#Cc1ccc(NC(C(=O)O)(c2ccco2)c2ccco2)cc1. The summed E-state index contributed by atoms with van der Waals surface area (Å²) in [4.78, 5) is 12.1. The molecule has 0 amide bonds. The van der Waals surface area contributed by atoms with Gasteiger partial charge in [0, 0.05) is 5.69 Å². The first kappa shape index (κ1) is 14.5. The molecule has 0 bridgehead atoms.